The Kier molecular flexibility index (Phi) is 3.95. The minimum Gasteiger partial charge on any atom is -0.496 e. The zero-order valence-corrected chi connectivity index (χ0v) is 11.3. The highest BCUT2D eigenvalue weighted by molar-refractivity contribution is 6.33. The molecular formula is C13H12ClN3O3. The Balaban J connectivity index is 2.37. The molecule has 0 aliphatic rings. The number of carboxylic acids is 1. The van der Waals surface area contributed by atoms with Gasteiger partial charge < -0.3 is 20.9 Å². The standard InChI is InChI=1S/C13H12ClN3O3/c1-20-11-5-10(9(14)4-8(11)13(18)19)17-7-2-3-12(15)16-6-7/h2-6,17H,1H3,(H2,15,16)(H,18,19). The number of nitrogens with zero attached hydrogens (tertiary/aromatic N) is 1. The van der Waals surface area contributed by atoms with Gasteiger partial charge in [0.25, 0.3) is 0 Å². The summed E-state index contributed by atoms with van der Waals surface area (Å²) in [6.07, 6.45) is 1.54. The van der Waals surface area contributed by atoms with Gasteiger partial charge in [0.15, 0.2) is 0 Å². The predicted octanol–water partition coefficient (Wildman–Crippen LogP) is 2.77. The molecule has 6 nitrogen and oxygen atoms in total. The molecule has 0 unspecified atom stereocenters. The number of benzene rings is 1. The largest absolute Gasteiger partial charge is 0.496 e. The lowest BCUT2D eigenvalue weighted by atomic mass is 10.1. The SMILES string of the molecule is COc1cc(Nc2ccc(N)nc2)c(Cl)cc1C(=O)O. The first kappa shape index (κ1) is 14.0. The second-order valence-electron chi connectivity index (χ2n) is 3.93. The average Bonchev–Trinajstić information content (AvgIpc) is 2.42. The van der Waals surface area contributed by atoms with Crippen molar-refractivity contribution in [3.63, 3.8) is 0 Å². The van der Waals surface area contributed by atoms with E-state index in [0.717, 1.165) is 0 Å². The number of hydrogen-bond donors (Lipinski definition) is 3. The van der Waals surface area contributed by atoms with Crippen LogP contribution in [0.1, 0.15) is 10.4 Å². The highest BCUT2D eigenvalue weighted by Gasteiger charge is 2.15. The molecular weight excluding hydrogens is 282 g/mol. The van der Waals surface area contributed by atoms with Crippen LogP contribution in [0.15, 0.2) is 30.5 Å². The Bertz CT molecular complexity index is 644. The fraction of sp³-hybridized carbons (Fsp3) is 0.0769. The van der Waals surface area contributed by atoms with Gasteiger partial charge in [-0.1, -0.05) is 11.6 Å². The van der Waals surface area contributed by atoms with E-state index < -0.39 is 5.97 Å². The summed E-state index contributed by atoms with van der Waals surface area (Å²) in [5.74, 6) is -0.488. The number of rotatable bonds is 4. The maximum Gasteiger partial charge on any atom is 0.339 e. The van der Waals surface area contributed by atoms with Gasteiger partial charge in [0.1, 0.15) is 17.1 Å². The zero-order chi connectivity index (χ0) is 14.7. The van der Waals surface area contributed by atoms with Crippen LogP contribution in [0.2, 0.25) is 5.02 Å². The van der Waals surface area contributed by atoms with E-state index in [1.54, 1.807) is 18.3 Å². The second kappa shape index (κ2) is 5.66. The minimum absolute atomic E-state index is 0.00141. The third kappa shape index (κ3) is 2.92. The van der Waals surface area contributed by atoms with Gasteiger partial charge in [-0.05, 0) is 18.2 Å². The second-order valence-corrected chi connectivity index (χ2v) is 4.34. The van der Waals surface area contributed by atoms with E-state index in [-0.39, 0.29) is 16.3 Å². The highest BCUT2D eigenvalue weighted by Crippen LogP contribution is 2.32. The molecule has 7 heteroatoms. The summed E-state index contributed by atoms with van der Waals surface area (Å²) in [7, 11) is 1.39. The van der Waals surface area contributed by atoms with Crippen LogP contribution in [0.4, 0.5) is 17.2 Å². The van der Waals surface area contributed by atoms with E-state index in [0.29, 0.717) is 17.2 Å². The number of nitrogen functional groups attached to an aromatic ring is 1. The van der Waals surface area contributed by atoms with Crippen molar-refractivity contribution in [3.05, 3.63) is 41.0 Å². The Hall–Kier alpha value is -2.47. The molecule has 0 fully saturated rings. The Morgan fingerprint density at radius 2 is 2.20 bits per heavy atom. The van der Waals surface area contributed by atoms with E-state index in [1.165, 1.54) is 19.2 Å². The van der Waals surface area contributed by atoms with Gasteiger partial charge in [-0.3, -0.25) is 0 Å². The molecule has 1 heterocycles. The quantitative estimate of drug-likeness (QED) is 0.802. The van der Waals surface area contributed by atoms with Crippen LogP contribution in [0.25, 0.3) is 0 Å². The van der Waals surface area contributed by atoms with Crippen molar-refractivity contribution in [2.24, 2.45) is 0 Å². The number of nitrogens with two attached hydrogens (primary N) is 1. The number of nitrogens with one attached hydrogen (secondary N) is 1. The van der Waals surface area contributed by atoms with Crippen molar-refractivity contribution >= 4 is 34.8 Å². The van der Waals surface area contributed by atoms with Crippen LogP contribution in [0, 0.1) is 0 Å². The normalized spacial score (nSPS) is 10.1. The number of methoxy groups -OCH3 is 1. The van der Waals surface area contributed by atoms with Crippen LogP contribution >= 0.6 is 11.6 Å². The van der Waals surface area contributed by atoms with Gasteiger partial charge in [0, 0.05) is 6.07 Å². The van der Waals surface area contributed by atoms with Crippen LogP contribution in [-0.4, -0.2) is 23.2 Å². The van der Waals surface area contributed by atoms with Crippen LogP contribution < -0.4 is 15.8 Å². The summed E-state index contributed by atoms with van der Waals surface area (Å²) in [6, 6.07) is 6.22. The molecule has 4 N–H and O–H groups in total. The summed E-state index contributed by atoms with van der Waals surface area (Å²) < 4.78 is 5.04. The monoisotopic (exact) mass is 293 g/mol. The summed E-state index contributed by atoms with van der Waals surface area (Å²) >= 11 is 6.06. The lowest BCUT2D eigenvalue weighted by Crippen LogP contribution is -2.02. The summed E-state index contributed by atoms with van der Waals surface area (Å²) in [6.45, 7) is 0. The van der Waals surface area contributed by atoms with Crippen molar-refractivity contribution in [1.29, 1.82) is 0 Å². The average molecular weight is 294 g/mol. The number of aromatic carboxylic acids is 1. The smallest absolute Gasteiger partial charge is 0.339 e. The van der Waals surface area contributed by atoms with E-state index in [1.807, 2.05) is 0 Å². The predicted molar refractivity (Wildman–Crippen MR) is 76.9 cm³/mol. The molecule has 0 aliphatic carbocycles. The van der Waals surface area contributed by atoms with Crippen LogP contribution in [0.5, 0.6) is 5.75 Å². The molecule has 2 aromatic rings. The Labute approximate surface area is 120 Å². The van der Waals surface area contributed by atoms with Gasteiger partial charge in [0.2, 0.25) is 0 Å². The fourth-order valence-corrected chi connectivity index (χ4v) is 1.83. The van der Waals surface area contributed by atoms with Crippen molar-refractivity contribution in [2.45, 2.75) is 0 Å². The topological polar surface area (TPSA) is 97.5 Å². The summed E-state index contributed by atoms with van der Waals surface area (Å²) in [4.78, 5) is 15.0. The molecule has 0 bridgehead atoms. The molecule has 20 heavy (non-hydrogen) atoms. The van der Waals surface area contributed by atoms with Crippen molar-refractivity contribution in [1.82, 2.24) is 4.98 Å². The third-order valence-electron chi connectivity index (χ3n) is 2.58. The number of pyridine rings is 1. The summed E-state index contributed by atoms with van der Waals surface area (Å²) in [5, 5.41) is 12.3. The molecule has 0 saturated heterocycles. The third-order valence-corrected chi connectivity index (χ3v) is 2.90. The molecule has 0 amide bonds. The molecule has 0 spiro atoms. The number of aromatic nitrogens is 1. The number of ether oxygens (including phenoxy) is 1. The molecule has 2 rings (SSSR count). The molecule has 0 aliphatic heterocycles. The molecule has 104 valence electrons. The summed E-state index contributed by atoms with van der Waals surface area (Å²) in [5.41, 5.74) is 6.68. The molecule has 1 aromatic carbocycles. The Morgan fingerprint density at radius 3 is 2.75 bits per heavy atom. The van der Waals surface area contributed by atoms with Gasteiger partial charge in [-0.15, -0.1) is 0 Å². The first-order valence-corrected chi connectivity index (χ1v) is 5.98. The van der Waals surface area contributed by atoms with E-state index in [4.69, 9.17) is 27.2 Å². The number of carboxylic acid groups (broad SMARTS) is 1. The van der Waals surface area contributed by atoms with Gasteiger partial charge in [-0.25, -0.2) is 9.78 Å². The van der Waals surface area contributed by atoms with Crippen molar-refractivity contribution in [2.75, 3.05) is 18.2 Å². The maximum absolute atomic E-state index is 11.1. The molecule has 0 atom stereocenters. The van der Waals surface area contributed by atoms with Crippen molar-refractivity contribution < 1.29 is 14.6 Å². The van der Waals surface area contributed by atoms with Crippen LogP contribution in [0.3, 0.4) is 0 Å². The van der Waals surface area contributed by atoms with E-state index in [9.17, 15) is 4.79 Å². The minimum atomic E-state index is -1.11. The van der Waals surface area contributed by atoms with Gasteiger partial charge in [-0.2, -0.15) is 0 Å². The van der Waals surface area contributed by atoms with E-state index in [2.05, 4.69) is 10.3 Å². The zero-order valence-electron chi connectivity index (χ0n) is 10.6. The fourth-order valence-electron chi connectivity index (χ4n) is 1.62. The number of halogens is 1. The van der Waals surface area contributed by atoms with Crippen molar-refractivity contribution in [3.8, 4) is 5.75 Å². The lowest BCUT2D eigenvalue weighted by Gasteiger charge is -2.12. The number of carbonyl (C=O) groups is 1. The van der Waals surface area contributed by atoms with Crippen LogP contribution in [-0.2, 0) is 0 Å². The lowest BCUT2D eigenvalue weighted by molar-refractivity contribution is 0.0693. The number of hydrogen-bond acceptors (Lipinski definition) is 5. The highest BCUT2D eigenvalue weighted by atomic mass is 35.5. The first-order chi connectivity index (χ1) is 9.51. The first-order valence-electron chi connectivity index (χ1n) is 5.60. The van der Waals surface area contributed by atoms with Gasteiger partial charge in [0.05, 0.1) is 29.7 Å². The van der Waals surface area contributed by atoms with E-state index >= 15 is 0 Å². The molecule has 0 radical (unpaired) electrons. The number of anilines is 3. The molecule has 0 saturated carbocycles. The molecule has 1 aromatic heterocycles. The Morgan fingerprint density at radius 1 is 1.45 bits per heavy atom. The van der Waals surface area contributed by atoms with Gasteiger partial charge >= 0.3 is 5.97 Å². The maximum atomic E-state index is 11.1.